The molecule has 5 rings (SSSR count). The van der Waals surface area contributed by atoms with Crippen LogP contribution in [-0.4, -0.2) is 9.67 Å². The second-order valence-electron chi connectivity index (χ2n) is 6.60. The molecule has 145 valence electrons. The van der Waals surface area contributed by atoms with Crippen molar-refractivity contribution in [1.29, 1.82) is 0 Å². The normalized spacial score (nSPS) is 11.2. The van der Waals surface area contributed by atoms with Crippen molar-refractivity contribution >= 4 is 33.6 Å². The van der Waals surface area contributed by atoms with Crippen LogP contribution >= 0.6 is 11.8 Å². The number of para-hydroxylation sites is 2. The van der Waals surface area contributed by atoms with Gasteiger partial charge in [0.05, 0.1) is 5.52 Å². The quantitative estimate of drug-likeness (QED) is 0.433. The van der Waals surface area contributed by atoms with E-state index in [2.05, 4.69) is 6.07 Å². The van der Waals surface area contributed by atoms with Gasteiger partial charge in [0, 0.05) is 16.0 Å². The third-order valence-electron chi connectivity index (χ3n) is 4.79. The topological polar surface area (TPSA) is 72.4 Å². The van der Waals surface area contributed by atoms with Crippen LogP contribution in [0.15, 0.2) is 103 Å². The summed E-state index contributed by atoms with van der Waals surface area (Å²) in [4.78, 5) is 26.9. The molecule has 1 N–H and O–H groups in total. The Morgan fingerprint density at radius 3 is 2.37 bits per heavy atom. The predicted octanol–water partition coefficient (Wildman–Crippen LogP) is 4.75. The summed E-state index contributed by atoms with van der Waals surface area (Å²) >= 11 is 1.05. The smallest absolute Gasteiger partial charge is 0.354 e. The first-order valence-corrected chi connectivity index (χ1v) is 10.00. The van der Waals surface area contributed by atoms with E-state index in [1.807, 2.05) is 36.4 Å². The number of hydrogen-bond donors (Lipinski definition) is 1. The third-order valence-corrected chi connectivity index (χ3v) is 5.86. The van der Waals surface area contributed by atoms with Gasteiger partial charge in [-0.1, -0.05) is 54.2 Å². The Labute approximate surface area is 174 Å². The van der Waals surface area contributed by atoms with Gasteiger partial charge in [0.15, 0.2) is 11.3 Å². The van der Waals surface area contributed by atoms with Crippen molar-refractivity contribution in [3.63, 3.8) is 0 Å². The molecule has 0 aliphatic heterocycles. The molecular weight excluding hydrogens is 398 g/mol. The van der Waals surface area contributed by atoms with E-state index >= 15 is 0 Å². The van der Waals surface area contributed by atoms with Crippen LogP contribution in [0.4, 0.5) is 0 Å². The van der Waals surface area contributed by atoms with E-state index in [0.717, 1.165) is 16.7 Å². The number of hydrogen-bond acceptors (Lipinski definition) is 5. The van der Waals surface area contributed by atoms with Gasteiger partial charge in [-0.3, -0.25) is 9.36 Å². The molecule has 2 aromatic heterocycles. The van der Waals surface area contributed by atoms with Crippen molar-refractivity contribution in [3.8, 4) is 11.4 Å². The summed E-state index contributed by atoms with van der Waals surface area (Å²) < 4.78 is 7.09. The zero-order valence-electron chi connectivity index (χ0n) is 15.5. The van der Waals surface area contributed by atoms with Gasteiger partial charge in [0.1, 0.15) is 10.3 Å². The lowest BCUT2D eigenvalue weighted by atomic mass is 10.1. The first-order valence-electron chi connectivity index (χ1n) is 9.18. The summed E-state index contributed by atoms with van der Waals surface area (Å²) in [5.74, 6) is -0.375. The largest absolute Gasteiger partial charge is 0.505 e. The Morgan fingerprint density at radius 2 is 1.60 bits per heavy atom. The average Bonchev–Trinajstić information content (AvgIpc) is 2.78. The van der Waals surface area contributed by atoms with Crippen LogP contribution < -0.4 is 11.2 Å². The van der Waals surface area contributed by atoms with Crippen LogP contribution in [0.5, 0.6) is 5.75 Å². The van der Waals surface area contributed by atoms with Crippen molar-refractivity contribution in [1.82, 2.24) is 4.57 Å². The molecular formula is C24H14NO4S. The standard InChI is InChI=1S/C24H14NO4S/c26-20-19-21(29-24(28)22(20)30-16-11-5-2-6-12-16)17-13-7-8-14-18(17)25(23(19)27)15-9-3-1-4-10-15/h1,3-14,26H. The number of benzene rings is 3. The zero-order valence-corrected chi connectivity index (χ0v) is 16.3. The van der Waals surface area contributed by atoms with Gasteiger partial charge < -0.3 is 9.52 Å². The van der Waals surface area contributed by atoms with Crippen LogP contribution in [-0.2, 0) is 0 Å². The summed E-state index contributed by atoms with van der Waals surface area (Å²) in [7, 11) is 0. The second-order valence-corrected chi connectivity index (χ2v) is 7.69. The molecule has 3 aromatic carbocycles. The number of fused-ring (bicyclic) bond motifs is 3. The fourth-order valence-electron chi connectivity index (χ4n) is 3.46. The lowest BCUT2D eigenvalue weighted by Gasteiger charge is -2.14. The monoisotopic (exact) mass is 412 g/mol. The number of pyridine rings is 1. The molecule has 30 heavy (non-hydrogen) atoms. The van der Waals surface area contributed by atoms with Crippen LogP contribution in [0, 0.1) is 6.07 Å². The molecule has 0 fully saturated rings. The second kappa shape index (κ2) is 7.24. The molecule has 0 spiro atoms. The van der Waals surface area contributed by atoms with E-state index in [9.17, 15) is 14.7 Å². The molecule has 1 radical (unpaired) electrons. The summed E-state index contributed by atoms with van der Waals surface area (Å²) in [5.41, 5.74) is 0.164. The molecule has 0 unspecified atom stereocenters. The number of aromatic hydroxyl groups is 1. The van der Waals surface area contributed by atoms with E-state index in [1.54, 1.807) is 42.5 Å². The fraction of sp³-hybridized carbons (Fsp3) is 0. The van der Waals surface area contributed by atoms with Crippen molar-refractivity contribution in [2.24, 2.45) is 0 Å². The SMILES string of the molecule is O=c1oc2c(c(O)c1Sc1cc[c]cc1)c(=O)n(-c1ccccc1)c1ccccc21. The van der Waals surface area contributed by atoms with Crippen LogP contribution in [0.3, 0.4) is 0 Å². The highest BCUT2D eigenvalue weighted by Crippen LogP contribution is 2.37. The van der Waals surface area contributed by atoms with E-state index in [0.29, 0.717) is 16.6 Å². The maximum absolute atomic E-state index is 13.5. The average molecular weight is 412 g/mol. The fourth-order valence-corrected chi connectivity index (χ4v) is 4.29. The lowest BCUT2D eigenvalue weighted by molar-refractivity contribution is 0.447. The molecule has 0 bridgehead atoms. The highest BCUT2D eigenvalue weighted by atomic mass is 32.2. The predicted molar refractivity (Wildman–Crippen MR) is 117 cm³/mol. The van der Waals surface area contributed by atoms with E-state index in [4.69, 9.17) is 4.42 Å². The highest BCUT2D eigenvalue weighted by molar-refractivity contribution is 7.99. The Hall–Kier alpha value is -3.77. The summed E-state index contributed by atoms with van der Waals surface area (Å²) in [5, 5.41) is 11.5. The van der Waals surface area contributed by atoms with E-state index in [-0.39, 0.29) is 21.6 Å². The van der Waals surface area contributed by atoms with Gasteiger partial charge >= 0.3 is 5.63 Å². The third kappa shape index (κ3) is 2.89. The Balaban J connectivity index is 1.90. The molecule has 0 aliphatic rings. The number of rotatable bonds is 3. The Kier molecular flexibility index (Phi) is 4.41. The maximum atomic E-state index is 13.5. The molecule has 5 aromatic rings. The first kappa shape index (κ1) is 18.3. The minimum atomic E-state index is -0.695. The molecule has 0 saturated carbocycles. The van der Waals surface area contributed by atoms with Crippen molar-refractivity contribution in [3.05, 3.63) is 106 Å². The summed E-state index contributed by atoms with van der Waals surface area (Å²) in [6, 6.07) is 26.1. The van der Waals surface area contributed by atoms with E-state index < -0.39 is 11.2 Å². The van der Waals surface area contributed by atoms with Gasteiger partial charge in [-0.05, 0) is 42.5 Å². The lowest BCUT2D eigenvalue weighted by Crippen LogP contribution is -2.20. The van der Waals surface area contributed by atoms with Crippen LogP contribution in [0.25, 0.3) is 27.6 Å². The summed E-state index contributed by atoms with van der Waals surface area (Å²) in [6.07, 6.45) is 0. The van der Waals surface area contributed by atoms with E-state index in [1.165, 1.54) is 4.57 Å². The molecule has 0 amide bonds. The highest BCUT2D eigenvalue weighted by Gasteiger charge is 2.22. The maximum Gasteiger partial charge on any atom is 0.354 e. The van der Waals surface area contributed by atoms with Gasteiger partial charge in [0.25, 0.3) is 5.56 Å². The van der Waals surface area contributed by atoms with Crippen molar-refractivity contribution < 1.29 is 9.52 Å². The van der Waals surface area contributed by atoms with Crippen LogP contribution in [0.1, 0.15) is 0 Å². The molecule has 2 heterocycles. The van der Waals surface area contributed by atoms with Crippen LogP contribution in [0.2, 0.25) is 0 Å². The van der Waals surface area contributed by atoms with Gasteiger partial charge in [-0.15, -0.1) is 0 Å². The van der Waals surface area contributed by atoms with Crippen molar-refractivity contribution in [2.45, 2.75) is 9.79 Å². The number of nitrogens with zero attached hydrogens (tertiary/aromatic N) is 1. The Morgan fingerprint density at radius 1 is 0.900 bits per heavy atom. The molecule has 0 saturated heterocycles. The van der Waals surface area contributed by atoms with Crippen molar-refractivity contribution in [2.75, 3.05) is 0 Å². The minimum Gasteiger partial charge on any atom is -0.505 e. The molecule has 5 nitrogen and oxygen atoms in total. The number of aromatic nitrogens is 1. The zero-order chi connectivity index (χ0) is 20.7. The van der Waals surface area contributed by atoms with Gasteiger partial charge in [-0.25, -0.2) is 4.79 Å². The Bertz CT molecular complexity index is 1510. The molecule has 0 aliphatic carbocycles. The first-order chi connectivity index (χ1) is 14.6. The molecule has 6 heteroatoms. The minimum absolute atomic E-state index is 0.0258. The van der Waals surface area contributed by atoms with Gasteiger partial charge in [0.2, 0.25) is 0 Å². The summed E-state index contributed by atoms with van der Waals surface area (Å²) in [6.45, 7) is 0. The van der Waals surface area contributed by atoms with Gasteiger partial charge in [-0.2, -0.15) is 0 Å². The molecule has 0 atom stereocenters.